The summed E-state index contributed by atoms with van der Waals surface area (Å²) in [5.41, 5.74) is -0.653. The minimum absolute atomic E-state index is 0.170. The summed E-state index contributed by atoms with van der Waals surface area (Å²) < 4.78 is 27.2. The number of halogens is 2. The van der Waals surface area contributed by atoms with Crippen LogP contribution in [0.4, 0.5) is 8.78 Å². The molecule has 1 aromatic rings. The Kier molecular flexibility index (Phi) is 4.55. The smallest absolute Gasteiger partial charge is 0.257 e. The fraction of sp³-hybridized carbons (Fsp3) is 0.467. The third kappa shape index (κ3) is 3.20. The highest BCUT2D eigenvalue weighted by atomic mass is 19.1. The zero-order valence-electron chi connectivity index (χ0n) is 12.0. The molecule has 114 valence electrons. The molecule has 1 N–H and O–H groups in total. The van der Waals surface area contributed by atoms with E-state index in [9.17, 15) is 18.4 Å². The highest BCUT2D eigenvalue weighted by Crippen LogP contribution is 2.16. The summed E-state index contributed by atoms with van der Waals surface area (Å²) in [6, 6.07) is 2.43. The molecule has 4 nitrogen and oxygen atoms in total. The topological polar surface area (TPSA) is 49.4 Å². The molecule has 1 aliphatic heterocycles. The average molecular weight is 296 g/mol. The van der Waals surface area contributed by atoms with Gasteiger partial charge in [0.05, 0.1) is 0 Å². The SMILES string of the molecule is CC(C)C(NC(=O)c1c(F)cccc1F)C(=O)N1CCC1. The standard InChI is InChI=1S/C15H18F2N2O2/c1-9(2)13(15(21)19-7-4-8-19)18-14(20)12-10(16)5-3-6-11(12)17/h3,5-6,9,13H,4,7-8H2,1-2H3,(H,18,20). The van der Waals surface area contributed by atoms with E-state index in [1.807, 2.05) is 0 Å². The molecule has 1 saturated heterocycles. The third-order valence-electron chi connectivity index (χ3n) is 3.58. The number of carbonyl (C=O) groups excluding carboxylic acids is 2. The minimum atomic E-state index is -0.939. The summed E-state index contributed by atoms with van der Waals surface area (Å²) in [4.78, 5) is 25.9. The van der Waals surface area contributed by atoms with Crippen LogP contribution in [0.3, 0.4) is 0 Å². The van der Waals surface area contributed by atoms with E-state index >= 15 is 0 Å². The zero-order chi connectivity index (χ0) is 15.6. The van der Waals surface area contributed by atoms with Crippen LogP contribution < -0.4 is 5.32 Å². The van der Waals surface area contributed by atoms with Crippen LogP contribution in [0.1, 0.15) is 30.6 Å². The Hall–Kier alpha value is -1.98. The van der Waals surface area contributed by atoms with Gasteiger partial charge in [-0.3, -0.25) is 9.59 Å². The van der Waals surface area contributed by atoms with Gasteiger partial charge in [0.1, 0.15) is 23.2 Å². The Morgan fingerprint density at radius 3 is 2.19 bits per heavy atom. The molecular weight excluding hydrogens is 278 g/mol. The minimum Gasteiger partial charge on any atom is -0.341 e. The third-order valence-corrected chi connectivity index (χ3v) is 3.58. The molecule has 1 aliphatic rings. The fourth-order valence-corrected chi connectivity index (χ4v) is 2.18. The first-order valence-electron chi connectivity index (χ1n) is 6.95. The molecule has 1 unspecified atom stereocenters. The van der Waals surface area contributed by atoms with Crippen molar-refractivity contribution in [3.8, 4) is 0 Å². The van der Waals surface area contributed by atoms with Gasteiger partial charge < -0.3 is 10.2 Å². The first kappa shape index (κ1) is 15.4. The first-order chi connectivity index (χ1) is 9.91. The van der Waals surface area contributed by atoms with Gasteiger partial charge >= 0.3 is 0 Å². The first-order valence-corrected chi connectivity index (χ1v) is 6.95. The highest BCUT2D eigenvalue weighted by molar-refractivity contribution is 5.98. The van der Waals surface area contributed by atoms with Crippen molar-refractivity contribution in [3.05, 3.63) is 35.4 Å². The van der Waals surface area contributed by atoms with Gasteiger partial charge in [0, 0.05) is 13.1 Å². The lowest BCUT2D eigenvalue weighted by molar-refractivity contribution is -0.137. The number of carbonyl (C=O) groups is 2. The molecule has 2 amide bonds. The Morgan fingerprint density at radius 2 is 1.76 bits per heavy atom. The number of nitrogens with zero attached hydrogens (tertiary/aromatic N) is 1. The van der Waals surface area contributed by atoms with Crippen molar-refractivity contribution in [2.45, 2.75) is 26.3 Å². The van der Waals surface area contributed by atoms with Crippen molar-refractivity contribution in [3.63, 3.8) is 0 Å². The van der Waals surface area contributed by atoms with Crippen LogP contribution in [0.25, 0.3) is 0 Å². The summed E-state index contributed by atoms with van der Waals surface area (Å²) >= 11 is 0. The second-order valence-corrected chi connectivity index (χ2v) is 5.47. The second kappa shape index (κ2) is 6.20. The normalized spacial score (nSPS) is 15.6. The van der Waals surface area contributed by atoms with Gasteiger partial charge in [0.2, 0.25) is 5.91 Å². The van der Waals surface area contributed by atoms with E-state index in [1.165, 1.54) is 6.07 Å². The lowest BCUT2D eigenvalue weighted by Crippen LogP contribution is -2.55. The van der Waals surface area contributed by atoms with E-state index in [0.29, 0.717) is 13.1 Å². The Morgan fingerprint density at radius 1 is 1.19 bits per heavy atom. The van der Waals surface area contributed by atoms with Crippen LogP contribution in [0.5, 0.6) is 0 Å². The molecule has 1 fully saturated rings. The molecule has 0 radical (unpaired) electrons. The summed E-state index contributed by atoms with van der Waals surface area (Å²) in [5.74, 6) is -3.16. The number of hydrogen-bond acceptors (Lipinski definition) is 2. The second-order valence-electron chi connectivity index (χ2n) is 5.47. The molecule has 1 heterocycles. The van der Waals surface area contributed by atoms with Gasteiger partial charge in [0.25, 0.3) is 5.91 Å². The number of hydrogen-bond donors (Lipinski definition) is 1. The van der Waals surface area contributed by atoms with E-state index in [0.717, 1.165) is 18.6 Å². The molecule has 1 aromatic carbocycles. The predicted octanol–water partition coefficient (Wildman–Crippen LogP) is 1.95. The van der Waals surface area contributed by atoms with Gasteiger partial charge in [-0.1, -0.05) is 19.9 Å². The molecule has 2 rings (SSSR count). The van der Waals surface area contributed by atoms with Crippen molar-refractivity contribution in [2.24, 2.45) is 5.92 Å². The number of amides is 2. The molecule has 0 spiro atoms. The van der Waals surface area contributed by atoms with E-state index in [1.54, 1.807) is 18.7 Å². The number of likely N-dealkylation sites (tertiary alicyclic amines) is 1. The number of nitrogens with one attached hydrogen (secondary N) is 1. The van der Waals surface area contributed by atoms with Crippen LogP contribution in [0.2, 0.25) is 0 Å². The van der Waals surface area contributed by atoms with Crippen LogP contribution in [-0.4, -0.2) is 35.8 Å². The zero-order valence-corrected chi connectivity index (χ0v) is 12.0. The van der Waals surface area contributed by atoms with Gasteiger partial charge in [-0.25, -0.2) is 8.78 Å². The maximum absolute atomic E-state index is 13.6. The number of rotatable bonds is 4. The molecule has 0 aliphatic carbocycles. The van der Waals surface area contributed by atoms with Gasteiger partial charge in [0.15, 0.2) is 0 Å². The van der Waals surface area contributed by atoms with Crippen molar-refractivity contribution in [1.29, 1.82) is 0 Å². The van der Waals surface area contributed by atoms with Crippen molar-refractivity contribution in [2.75, 3.05) is 13.1 Å². The Bertz CT molecular complexity index is 536. The van der Waals surface area contributed by atoms with Crippen LogP contribution in [0.15, 0.2) is 18.2 Å². The van der Waals surface area contributed by atoms with Crippen LogP contribution >= 0.6 is 0 Å². The van der Waals surface area contributed by atoms with E-state index in [-0.39, 0.29) is 11.8 Å². The van der Waals surface area contributed by atoms with Crippen molar-refractivity contribution >= 4 is 11.8 Å². The monoisotopic (exact) mass is 296 g/mol. The van der Waals surface area contributed by atoms with Gasteiger partial charge in [-0.05, 0) is 24.5 Å². The maximum Gasteiger partial charge on any atom is 0.257 e. The summed E-state index contributed by atoms with van der Waals surface area (Å²) in [6.45, 7) is 4.87. The molecule has 0 saturated carbocycles. The quantitative estimate of drug-likeness (QED) is 0.923. The van der Waals surface area contributed by atoms with E-state index in [2.05, 4.69) is 5.32 Å². The Balaban J connectivity index is 2.16. The van der Waals surface area contributed by atoms with E-state index < -0.39 is 29.1 Å². The molecule has 0 bridgehead atoms. The largest absolute Gasteiger partial charge is 0.341 e. The number of benzene rings is 1. The summed E-state index contributed by atoms with van der Waals surface area (Å²) in [5, 5.41) is 2.45. The van der Waals surface area contributed by atoms with Crippen molar-refractivity contribution in [1.82, 2.24) is 10.2 Å². The van der Waals surface area contributed by atoms with Crippen LogP contribution in [-0.2, 0) is 4.79 Å². The van der Waals surface area contributed by atoms with Crippen molar-refractivity contribution < 1.29 is 18.4 Å². The predicted molar refractivity (Wildman–Crippen MR) is 73.6 cm³/mol. The molecule has 21 heavy (non-hydrogen) atoms. The van der Waals surface area contributed by atoms with Gasteiger partial charge in [-0.2, -0.15) is 0 Å². The fourth-order valence-electron chi connectivity index (χ4n) is 2.18. The van der Waals surface area contributed by atoms with E-state index in [4.69, 9.17) is 0 Å². The highest BCUT2D eigenvalue weighted by Gasteiger charge is 2.32. The van der Waals surface area contributed by atoms with Crippen LogP contribution in [0, 0.1) is 17.6 Å². The average Bonchev–Trinajstić information content (AvgIpc) is 2.33. The summed E-state index contributed by atoms with van der Waals surface area (Å²) in [7, 11) is 0. The molecule has 0 aromatic heterocycles. The summed E-state index contributed by atoms with van der Waals surface area (Å²) in [6.07, 6.45) is 0.937. The van der Waals surface area contributed by atoms with Gasteiger partial charge in [-0.15, -0.1) is 0 Å². The maximum atomic E-state index is 13.6. The lowest BCUT2D eigenvalue weighted by atomic mass is 10.0. The lowest BCUT2D eigenvalue weighted by Gasteiger charge is -2.35. The molecular formula is C15H18F2N2O2. The molecule has 6 heteroatoms. The Labute approximate surface area is 122 Å². The molecule has 1 atom stereocenters.